The molecule has 0 aliphatic carbocycles. The van der Waals surface area contributed by atoms with Crippen molar-refractivity contribution in [3.05, 3.63) is 82.4 Å². The average Bonchev–Trinajstić information content (AvgIpc) is 2.97. The Morgan fingerprint density at radius 1 is 0.691 bits per heavy atom. The van der Waals surface area contributed by atoms with Gasteiger partial charge in [-0.2, -0.15) is 26.3 Å². The first-order valence-corrected chi connectivity index (χ1v) is 24.7. The van der Waals surface area contributed by atoms with Gasteiger partial charge >= 0.3 is 30.3 Å². The van der Waals surface area contributed by atoms with Gasteiger partial charge in [-0.1, -0.05) is 6.07 Å². The number of nitrogens with two attached hydrogens (primary N) is 3. The molecule has 14 N–H and O–H groups in total. The fourth-order valence-corrected chi connectivity index (χ4v) is 7.42. The third kappa shape index (κ3) is 21.9. The molecule has 0 saturated heterocycles. The number of rotatable bonds is 28. The highest BCUT2D eigenvalue weighted by Gasteiger charge is 2.54. The quantitative estimate of drug-likeness (QED) is 0.0124. The fraction of sp³-hybridized carbons (Fsp3) is 0.449. The number of hydrogen-bond acceptors (Lipinski definition) is 17. The molecule has 2 aliphatic rings. The van der Waals surface area contributed by atoms with Gasteiger partial charge in [0.1, 0.15) is 23.0 Å². The van der Waals surface area contributed by atoms with Crippen LogP contribution in [0.2, 0.25) is 0 Å². The van der Waals surface area contributed by atoms with Crippen molar-refractivity contribution in [1.29, 1.82) is 0 Å². The molecule has 2 aliphatic heterocycles. The molecular weight excluding hydrogens is 1120 g/mol. The number of aliphatic imine (C=N–C) groups is 1. The van der Waals surface area contributed by atoms with E-state index in [4.69, 9.17) is 72.3 Å². The smallest absolute Gasteiger partial charge is 0.490 e. The van der Waals surface area contributed by atoms with Crippen molar-refractivity contribution in [2.45, 2.75) is 68.6 Å². The number of phenols is 2. The molecular formula is C49H59ClF6N8O17. The van der Waals surface area contributed by atoms with Crippen molar-refractivity contribution in [3.8, 4) is 23.0 Å². The van der Waals surface area contributed by atoms with Crippen molar-refractivity contribution in [3.63, 3.8) is 0 Å². The summed E-state index contributed by atoms with van der Waals surface area (Å²) in [6.45, 7) is 2.66. The van der Waals surface area contributed by atoms with Crippen LogP contribution in [0.3, 0.4) is 0 Å². The molecule has 3 aromatic carbocycles. The molecule has 446 valence electrons. The number of ether oxygens (including phenoxy) is 5. The van der Waals surface area contributed by atoms with Crippen LogP contribution in [-0.2, 0) is 53.3 Å². The summed E-state index contributed by atoms with van der Waals surface area (Å²) in [5.74, 6) is -8.42. The average molecular weight is 1180 g/mol. The van der Waals surface area contributed by atoms with Gasteiger partial charge in [0.25, 0.3) is 5.91 Å². The molecule has 0 aromatic heterocycles. The molecule has 0 unspecified atom stereocenters. The second-order valence-electron chi connectivity index (χ2n) is 17.1. The van der Waals surface area contributed by atoms with Gasteiger partial charge in [-0.15, -0.1) is 11.6 Å². The number of carbonyl (C=O) groups excluding carboxylic acids is 6. The molecule has 32 heteroatoms. The summed E-state index contributed by atoms with van der Waals surface area (Å²) >= 11 is 5.65. The molecule has 81 heavy (non-hydrogen) atoms. The molecule has 5 rings (SSSR count). The lowest BCUT2D eigenvalue weighted by molar-refractivity contribution is -0.193. The maximum absolute atomic E-state index is 13.3. The normalized spacial score (nSPS) is 13.3. The van der Waals surface area contributed by atoms with Crippen LogP contribution >= 0.6 is 11.6 Å². The van der Waals surface area contributed by atoms with Crippen LogP contribution in [0.4, 0.5) is 26.3 Å². The highest BCUT2D eigenvalue weighted by molar-refractivity contribution is 6.28. The van der Waals surface area contributed by atoms with Gasteiger partial charge in [0.15, 0.2) is 17.3 Å². The monoisotopic (exact) mass is 1180 g/mol. The number of hydrogen-bond donors (Lipinski definition) is 11. The summed E-state index contributed by atoms with van der Waals surface area (Å²) in [4.78, 5) is 97.0. The number of carboxylic acid groups (broad SMARTS) is 2. The van der Waals surface area contributed by atoms with E-state index in [0.717, 1.165) is 0 Å². The summed E-state index contributed by atoms with van der Waals surface area (Å²) in [6.07, 6.45) is -8.36. The number of fused-ring (bicyclic) bond motifs is 6. The molecule has 4 amide bonds. The lowest BCUT2D eigenvalue weighted by Crippen LogP contribution is -2.49. The first kappa shape index (κ1) is 67.3. The molecule has 0 fully saturated rings. The van der Waals surface area contributed by atoms with E-state index in [2.05, 4.69) is 26.3 Å². The molecule has 3 aromatic rings. The van der Waals surface area contributed by atoms with Crippen molar-refractivity contribution < 1.29 is 109 Å². The van der Waals surface area contributed by atoms with E-state index in [-0.39, 0.29) is 83.6 Å². The van der Waals surface area contributed by atoms with Crippen molar-refractivity contribution in [2.75, 3.05) is 71.7 Å². The molecule has 0 bridgehead atoms. The summed E-state index contributed by atoms with van der Waals surface area (Å²) in [6, 6.07) is 11.8. The highest BCUT2D eigenvalue weighted by Crippen LogP contribution is 2.57. The number of guanidine groups is 1. The van der Waals surface area contributed by atoms with Gasteiger partial charge in [-0.3, -0.25) is 29.0 Å². The van der Waals surface area contributed by atoms with Gasteiger partial charge in [0.2, 0.25) is 17.7 Å². The second-order valence-corrected chi connectivity index (χ2v) is 17.3. The molecule has 0 radical (unpaired) electrons. The predicted molar refractivity (Wildman–Crippen MR) is 270 cm³/mol. The molecule has 2 heterocycles. The minimum atomic E-state index is -5.08. The second kappa shape index (κ2) is 32.3. The van der Waals surface area contributed by atoms with Crippen molar-refractivity contribution in [1.82, 2.24) is 21.3 Å². The highest BCUT2D eigenvalue weighted by atomic mass is 35.5. The van der Waals surface area contributed by atoms with Crippen LogP contribution in [0.15, 0.2) is 59.6 Å². The number of Topliss-reactive ketones (excluding diaryl/α,β-unsaturated/α-hetero) is 1. The zero-order valence-corrected chi connectivity index (χ0v) is 43.5. The Morgan fingerprint density at radius 3 is 1.70 bits per heavy atom. The zero-order valence-electron chi connectivity index (χ0n) is 42.8. The standard InChI is InChI=1S/C45H57ClN8O13.2C2HF3O2/c46-25-36(57)35(4-1-13-52-44(48)49)54-40(59)26-53-42(61)34(47)11-12-39(58)50-14-2-16-63-18-20-65-21-19-64-17-3-15-51-41(60)27-5-8-31-30(22-27)43(62)67-45(31)32-9-6-28(55)23-37(32)66-38-24-29(56)7-10-33(38)45;2*3-2(4,5)1(6)7/h5-10,22-24,34-35,55-56H,1-4,11-21,25-26,47H2,(H,50,58)(H,51,60)(H,53,61)(H,54,59)(H4,48,49,52);2*(H,6,7)/t34-,35-;;/m0../s1. The number of aliphatic carboxylic acids is 2. The topological polar surface area (TPSA) is 402 Å². The summed E-state index contributed by atoms with van der Waals surface area (Å²) < 4.78 is 92.2. The number of esters is 1. The number of halogens is 7. The van der Waals surface area contributed by atoms with Gasteiger partial charge in [-0.05, 0) is 68.5 Å². The van der Waals surface area contributed by atoms with Gasteiger partial charge in [0.05, 0.1) is 56.5 Å². The number of phenolic OH excluding ortho intramolecular Hbond substituents is 2. The third-order valence-electron chi connectivity index (χ3n) is 11.0. The zero-order chi connectivity index (χ0) is 60.5. The molecule has 25 nitrogen and oxygen atoms in total. The number of alkyl halides is 7. The van der Waals surface area contributed by atoms with E-state index in [0.29, 0.717) is 88.7 Å². The maximum atomic E-state index is 13.3. The number of carboxylic acids is 2. The molecule has 1 spiro atoms. The van der Waals surface area contributed by atoms with Crippen LogP contribution in [0.25, 0.3) is 0 Å². The Morgan fingerprint density at radius 2 is 1.20 bits per heavy atom. The third-order valence-corrected chi connectivity index (χ3v) is 11.3. The Labute approximate surface area is 461 Å². The fourth-order valence-electron chi connectivity index (χ4n) is 7.23. The van der Waals surface area contributed by atoms with E-state index < -0.39 is 72.1 Å². The van der Waals surface area contributed by atoms with E-state index in [1.54, 1.807) is 24.3 Å². The van der Waals surface area contributed by atoms with E-state index in [1.165, 1.54) is 30.3 Å². The largest absolute Gasteiger partial charge is 0.508 e. The lowest BCUT2D eigenvalue weighted by atomic mass is 9.77. The van der Waals surface area contributed by atoms with Crippen molar-refractivity contribution in [2.24, 2.45) is 22.2 Å². The van der Waals surface area contributed by atoms with Crippen LogP contribution in [-0.4, -0.2) is 170 Å². The predicted octanol–water partition coefficient (Wildman–Crippen LogP) is 2.18. The number of carbonyl (C=O) groups is 8. The number of ketones is 1. The van der Waals surface area contributed by atoms with E-state index >= 15 is 0 Å². The van der Waals surface area contributed by atoms with Crippen LogP contribution in [0.5, 0.6) is 23.0 Å². The summed E-state index contributed by atoms with van der Waals surface area (Å²) in [5, 5.41) is 45.0. The van der Waals surface area contributed by atoms with E-state index in [1.807, 2.05) is 0 Å². The Bertz CT molecular complexity index is 2640. The Balaban J connectivity index is 0.00000109. The lowest BCUT2D eigenvalue weighted by Gasteiger charge is -2.36. The van der Waals surface area contributed by atoms with Gasteiger partial charge in [-0.25, -0.2) is 14.4 Å². The number of nitrogens with zero attached hydrogens (tertiary/aromatic N) is 1. The first-order valence-electron chi connectivity index (χ1n) is 24.2. The van der Waals surface area contributed by atoms with Crippen LogP contribution in [0.1, 0.15) is 75.9 Å². The summed E-state index contributed by atoms with van der Waals surface area (Å²) in [5.41, 5.74) is 17.0. The van der Waals surface area contributed by atoms with Gasteiger partial charge < -0.3 is 82.6 Å². The number of benzene rings is 3. The minimum absolute atomic E-state index is 0.00344. The van der Waals surface area contributed by atoms with Crippen molar-refractivity contribution >= 4 is 64.9 Å². The van der Waals surface area contributed by atoms with Crippen LogP contribution < -0.4 is 43.2 Å². The SMILES string of the molecule is NC(N)=NCCC[C@H](NC(=O)CNC(=O)[C@@H](N)CCC(=O)NCCCOCCOCCOCCCNC(=O)c1ccc2c(c1)C(=O)OC21c2ccc(O)cc2Oc2cc(O)ccc21)C(=O)CCl.O=C(O)C(F)(F)F.O=C(O)C(F)(F)F. The number of aromatic hydroxyl groups is 2. The Kier molecular flexibility index (Phi) is 26.8. The number of amides is 4. The number of nitrogens with one attached hydrogen (secondary N) is 4. The molecule has 2 atom stereocenters. The first-order chi connectivity index (χ1) is 38.1. The maximum Gasteiger partial charge on any atom is 0.490 e. The summed E-state index contributed by atoms with van der Waals surface area (Å²) in [7, 11) is 0. The van der Waals surface area contributed by atoms with Crippen LogP contribution in [0, 0.1) is 0 Å². The van der Waals surface area contributed by atoms with E-state index in [9.17, 15) is 65.3 Å². The Hall–Kier alpha value is -8.00. The minimum Gasteiger partial charge on any atom is -0.508 e. The molecule has 0 saturated carbocycles. The van der Waals surface area contributed by atoms with Gasteiger partial charge in [0, 0.05) is 73.7 Å².